The fourth-order valence-corrected chi connectivity index (χ4v) is 2.06. The lowest BCUT2D eigenvalue weighted by Crippen LogP contribution is -2.18. The van der Waals surface area contributed by atoms with Crippen molar-refractivity contribution in [3.05, 3.63) is 65.2 Å². The molecule has 0 spiro atoms. The third-order valence-electron chi connectivity index (χ3n) is 3.43. The average Bonchev–Trinajstić information content (AvgIpc) is 2.53. The molecule has 0 aliphatic carbocycles. The lowest BCUT2D eigenvalue weighted by molar-refractivity contribution is -0.144. The quantitative estimate of drug-likeness (QED) is 0.413. The number of benzene rings is 2. The second-order valence-electron chi connectivity index (χ2n) is 5.30. The smallest absolute Gasteiger partial charge is 0.416 e. The molecule has 0 radical (unpaired) electrons. The van der Waals surface area contributed by atoms with Gasteiger partial charge in [0.1, 0.15) is 5.75 Å². The summed E-state index contributed by atoms with van der Waals surface area (Å²) in [6.45, 7) is 1.18. The van der Waals surface area contributed by atoms with Crippen molar-refractivity contribution in [1.29, 1.82) is 0 Å². The molecule has 0 aliphatic rings. The van der Waals surface area contributed by atoms with Gasteiger partial charge in [0, 0.05) is 0 Å². The maximum Gasteiger partial charge on any atom is 0.416 e. The minimum Gasteiger partial charge on any atom is -0.426 e. The number of rotatable bonds is 3. The number of hydrogen-bond acceptors (Lipinski definition) is 2. The molecule has 0 bridgehead atoms. The minimum absolute atomic E-state index is 0.0126. The first-order chi connectivity index (χ1) is 11.5. The van der Waals surface area contributed by atoms with E-state index in [2.05, 4.69) is 0 Å². The van der Waals surface area contributed by atoms with Crippen LogP contribution in [0.4, 0.5) is 26.3 Å². The van der Waals surface area contributed by atoms with Crippen LogP contribution in [0.15, 0.2) is 48.5 Å². The van der Waals surface area contributed by atoms with Gasteiger partial charge in [-0.1, -0.05) is 18.2 Å². The van der Waals surface area contributed by atoms with Crippen LogP contribution in [0.1, 0.15) is 29.5 Å². The summed E-state index contributed by atoms with van der Waals surface area (Å²) in [7, 11) is 0. The van der Waals surface area contributed by atoms with Crippen molar-refractivity contribution in [2.45, 2.75) is 25.2 Å². The molecule has 0 heterocycles. The highest BCUT2D eigenvalue weighted by molar-refractivity contribution is 5.80. The fraction of sp³-hybridized carbons (Fsp3) is 0.235. The predicted octanol–water partition coefficient (Wildman–Crippen LogP) is 5.43. The number of ether oxygens (including phenoxy) is 1. The molecule has 0 saturated heterocycles. The third-order valence-corrected chi connectivity index (χ3v) is 3.43. The van der Waals surface area contributed by atoms with Crippen LogP contribution in [0.2, 0.25) is 0 Å². The average molecular weight is 362 g/mol. The van der Waals surface area contributed by atoms with Crippen LogP contribution in [0, 0.1) is 0 Å². The SMILES string of the molecule is C[C@@H](C(=O)Oc1ccccc1)c1cc(C(F)(F)F)cc(C(F)(F)F)c1. The number of carbonyl (C=O) groups excluding carboxylic acids is 1. The maximum atomic E-state index is 12.9. The number of carbonyl (C=O) groups is 1. The summed E-state index contributed by atoms with van der Waals surface area (Å²) in [5.41, 5.74) is -3.38. The number of para-hydroxylation sites is 1. The van der Waals surface area contributed by atoms with Gasteiger partial charge in [-0.2, -0.15) is 26.3 Å². The Balaban J connectivity index is 2.38. The van der Waals surface area contributed by atoms with Crippen LogP contribution in [0.3, 0.4) is 0 Å². The van der Waals surface area contributed by atoms with E-state index < -0.39 is 40.9 Å². The summed E-state index contributed by atoms with van der Waals surface area (Å²) < 4.78 is 82.2. The summed E-state index contributed by atoms with van der Waals surface area (Å²) in [5, 5.41) is 0. The topological polar surface area (TPSA) is 26.3 Å². The molecule has 2 nitrogen and oxygen atoms in total. The molecule has 2 aromatic rings. The first kappa shape index (κ1) is 18.8. The van der Waals surface area contributed by atoms with Crippen molar-refractivity contribution < 1.29 is 35.9 Å². The molecule has 25 heavy (non-hydrogen) atoms. The fourth-order valence-electron chi connectivity index (χ4n) is 2.06. The molecule has 8 heteroatoms. The molecule has 0 amide bonds. The van der Waals surface area contributed by atoms with E-state index in [1.165, 1.54) is 19.1 Å². The maximum absolute atomic E-state index is 12.9. The summed E-state index contributed by atoms with van der Waals surface area (Å²) in [6, 6.07) is 8.73. The van der Waals surface area contributed by atoms with Gasteiger partial charge >= 0.3 is 18.3 Å². The van der Waals surface area contributed by atoms with Crippen LogP contribution in [0.5, 0.6) is 5.75 Å². The lowest BCUT2D eigenvalue weighted by Gasteiger charge is -2.17. The highest BCUT2D eigenvalue weighted by Gasteiger charge is 2.37. The molecule has 0 fully saturated rings. The van der Waals surface area contributed by atoms with E-state index >= 15 is 0 Å². The third kappa shape index (κ3) is 4.74. The van der Waals surface area contributed by atoms with E-state index in [0.717, 1.165) is 0 Å². The number of esters is 1. The Labute approximate surface area is 139 Å². The highest BCUT2D eigenvalue weighted by Crippen LogP contribution is 2.37. The van der Waals surface area contributed by atoms with Crippen molar-refractivity contribution in [3.63, 3.8) is 0 Å². The molecular formula is C17H12F6O2. The standard InChI is InChI=1S/C17H12F6O2/c1-10(15(24)25-14-5-3-2-4-6-14)11-7-12(16(18,19)20)9-13(8-11)17(21,22)23/h2-10H,1H3/t10-/m1/s1. The van der Waals surface area contributed by atoms with Crippen molar-refractivity contribution in [1.82, 2.24) is 0 Å². The van der Waals surface area contributed by atoms with Gasteiger partial charge in [0.2, 0.25) is 0 Å². The zero-order valence-corrected chi connectivity index (χ0v) is 12.8. The number of hydrogen-bond donors (Lipinski definition) is 0. The van der Waals surface area contributed by atoms with Gasteiger partial charge in [-0.3, -0.25) is 4.79 Å². The number of halogens is 6. The van der Waals surface area contributed by atoms with E-state index in [0.29, 0.717) is 12.1 Å². The Hall–Kier alpha value is -2.51. The van der Waals surface area contributed by atoms with E-state index in [9.17, 15) is 31.1 Å². The second-order valence-corrected chi connectivity index (χ2v) is 5.30. The normalized spacial score (nSPS) is 13.4. The molecule has 0 aliphatic heterocycles. The molecule has 0 saturated carbocycles. The first-order valence-corrected chi connectivity index (χ1v) is 7.04. The Bertz CT molecular complexity index is 718. The second kappa shape index (κ2) is 6.78. The zero-order chi connectivity index (χ0) is 18.8. The van der Waals surface area contributed by atoms with E-state index in [-0.39, 0.29) is 11.8 Å². The van der Waals surface area contributed by atoms with Crippen molar-refractivity contribution in [2.75, 3.05) is 0 Å². The monoisotopic (exact) mass is 362 g/mol. The van der Waals surface area contributed by atoms with Gasteiger partial charge < -0.3 is 4.74 Å². The molecule has 1 atom stereocenters. The Morgan fingerprint density at radius 1 is 0.880 bits per heavy atom. The Morgan fingerprint density at radius 3 is 1.80 bits per heavy atom. The molecule has 0 unspecified atom stereocenters. The van der Waals surface area contributed by atoms with Gasteiger partial charge in [-0.15, -0.1) is 0 Å². The summed E-state index contributed by atoms with van der Waals surface area (Å²) in [6.07, 6.45) is -9.95. The van der Waals surface area contributed by atoms with Crippen LogP contribution in [-0.2, 0) is 17.1 Å². The minimum atomic E-state index is -4.97. The summed E-state index contributed by atoms with van der Waals surface area (Å²) >= 11 is 0. The summed E-state index contributed by atoms with van der Waals surface area (Å²) in [5.74, 6) is -2.13. The van der Waals surface area contributed by atoms with Gasteiger partial charge in [0.25, 0.3) is 0 Å². The van der Waals surface area contributed by atoms with E-state index in [1.807, 2.05) is 0 Å². The van der Waals surface area contributed by atoms with Crippen molar-refractivity contribution in [3.8, 4) is 5.75 Å². The van der Waals surface area contributed by atoms with Crippen molar-refractivity contribution >= 4 is 5.97 Å². The van der Waals surface area contributed by atoms with Crippen LogP contribution in [-0.4, -0.2) is 5.97 Å². The largest absolute Gasteiger partial charge is 0.426 e. The Morgan fingerprint density at radius 2 is 1.36 bits per heavy atom. The Kier molecular flexibility index (Phi) is 5.10. The van der Waals surface area contributed by atoms with Gasteiger partial charge in [-0.05, 0) is 42.8 Å². The van der Waals surface area contributed by atoms with Crippen LogP contribution in [0.25, 0.3) is 0 Å². The number of alkyl halides is 6. The van der Waals surface area contributed by atoms with Gasteiger partial charge in [-0.25, -0.2) is 0 Å². The molecule has 2 aromatic carbocycles. The van der Waals surface area contributed by atoms with Gasteiger partial charge in [0.05, 0.1) is 17.0 Å². The van der Waals surface area contributed by atoms with E-state index in [4.69, 9.17) is 4.74 Å². The predicted molar refractivity (Wildman–Crippen MR) is 76.9 cm³/mol. The molecule has 0 aromatic heterocycles. The molecule has 0 N–H and O–H groups in total. The highest BCUT2D eigenvalue weighted by atomic mass is 19.4. The van der Waals surface area contributed by atoms with Crippen LogP contribution < -0.4 is 4.74 Å². The lowest BCUT2D eigenvalue weighted by atomic mass is 9.96. The molecule has 2 rings (SSSR count). The summed E-state index contributed by atoms with van der Waals surface area (Å²) in [4.78, 5) is 12.1. The van der Waals surface area contributed by atoms with Crippen molar-refractivity contribution in [2.24, 2.45) is 0 Å². The van der Waals surface area contributed by atoms with Crippen LogP contribution >= 0.6 is 0 Å². The first-order valence-electron chi connectivity index (χ1n) is 7.04. The zero-order valence-electron chi connectivity index (χ0n) is 12.8. The molecular weight excluding hydrogens is 350 g/mol. The van der Waals surface area contributed by atoms with Gasteiger partial charge in [0.15, 0.2) is 0 Å². The van der Waals surface area contributed by atoms with E-state index in [1.54, 1.807) is 18.2 Å². The molecule has 134 valence electrons.